The molecule has 0 aliphatic rings. The Balaban J connectivity index is 2.50. The maximum Gasteiger partial charge on any atom is 0.250 e. The number of nitrogens with one attached hydrogen (secondary N) is 2. The summed E-state index contributed by atoms with van der Waals surface area (Å²) < 4.78 is 26.3. The van der Waals surface area contributed by atoms with Gasteiger partial charge in [-0.3, -0.25) is 4.79 Å². The van der Waals surface area contributed by atoms with Gasteiger partial charge < -0.3 is 11.1 Å². The fourth-order valence-corrected chi connectivity index (χ4v) is 3.55. The van der Waals surface area contributed by atoms with Crippen LogP contribution in [-0.4, -0.2) is 33.0 Å². The van der Waals surface area contributed by atoms with E-state index in [-0.39, 0.29) is 16.2 Å². The Morgan fingerprint density at radius 1 is 1.47 bits per heavy atom. The van der Waals surface area contributed by atoms with Crippen LogP contribution in [0, 0.1) is 0 Å². The van der Waals surface area contributed by atoms with Gasteiger partial charge in [-0.15, -0.1) is 11.3 Å². The molecule has 0 saturated carbocycles. The molecule has 1 aromatic heterocycles. The van der Waals surface area contributed by atoms with Gasteiger partial charge in [0, 0.05) is 12.6 Å². The van der Waals surface area contributed by atoms with E-state index in [1.54, 1.807) is 11.4 Å². The Labute approximate surface area is 117 Å². The molecule has 0 saturated heterocycles. The van der Waals surface area contributed by atoms with E-state index in [9.17, 15) is 13.2 Å². The van der Waals surface area contributed by atoms with Crippen molar-refractivity contribution >= 4 is 27.3 Å². The fraction of sp³-hybridized carbons (Fsp3) is 0.545. The normalized spacial score (nSPS) is 14.9. The van der Waals surface area contributed by atoms with Crippen LogP contribution in [0.2, 0.25) is 0 Å². The van der Waals surface area contributed by atoms with Gasteiger partial charge in [-0.2, -0.15) is 4.72 Å². The van der Waals surface area contributed by atoms with Crippen molar-refractivity contribution in [3.8, 4) is 0 Å². The second-order valence-corrected chi connectivity index (χ2v) is 7.22. The summed E-state index contributed by atoms with van der Waals surface area (Å²) >= 11 is 1.11. The molecule has 1 amide bonds. The quantitative estimate of drug-likeness (QED) is 0.673. The average Bonchev–Trinajstić information content (AvgIpc) is 2.81. The molecule has 4 N–H and O–H groups in total. The van der Waals surface area contributed by atoms with E-state index in [0.717, 1.165) is 11.3 Å². The molecule has 2 unspecified atom stereocenters. The largest absolute Gasteiger partial charge is 0.355 e. The SMILES string of the molecule is CC(N)CCNC(=O)C(C)NS(=O)(=O)c1cccs1. The number of nitrogens with two attached hydrogens (primary N) is 1. The average molecular weight is 305 g/mol. The molecule has 0 radical (unpaired) electrons. The lowest BCUT2D eigenvalue weighted by Crippen LogP contribution is -2.45. The van der Waals surface area contributed by atoms with E-state index < -0.39 is 16.1 Å². The second-order valence-electron chi connectivity index (χ2n) is 4.33. The molecule has 0 aliphatic heterocycles. The standard InChI is InChI=1S/C11H19N3O3S2/c1-8(12)5-6-13-11(15)9(2)14-19(16,17)10-4-3-7-18-10/h3-4,7-9,14H,5-6,12H2,1-2H3,(H,13,15). The lowest BCUT2D eigenvalue weighted by atomic mass is 10.2. The van der Waals surface area contributed by atoms with Gasteiger partial charge in [-0.25, -0.2) is 8.42 Å². The maximum absolute atomic E-state index is 11.9. The topological polar surface area (TPSA) is 101 Å². The molecule has 8 heteroatoms. The van der Waals surface area contributed by atoms with Crippen molar-refractivity contribution in [2.45, 2.75) is 36.6 Å². The van der Waals surface area contributed by atoms with E-state index in [0.29, 0.717) is 13.0 Å². The van der Waals surface area contributed by atoms with Crippen LogP contribution < -0.4 is 15.8 Å². The van der Waals surface area contributed by atoms with Crippen molar-refractivity contribution < 1.29 is 13.2 Å². The lowest BCUT2D eigenvalue weighted by molar-refractivity contribution is -0.122. The molecule has 0 aromatic carbocycles. The molecule has 1 heterocycles. The Hall–Kier alpha value is -0.960. The molecule has 108 valence electrons. The van der Waals surface area contributed by atoms with E-state index in [4.69, 9.17) is 5.73 Å². The van der Waals surface area contributed by atoms with Crippen LogP contribution in [0.3, 0.4) is 0 Å². The highest BCUT2D eigenvalue weighted by Crippen LogP contribution is 2.15. The van der Waals surface area contributed by atoms with Crippen LogP contribution in [-0.2, 0) is 14.8 Å². The molecule has 1 aromatic rings. The summed E-state index contributed by atoms with van der Waals surface area (Å²) in [5.41, 5.74) is 5.56. The van der Waals surface area contributed by atoms with Gasteiger partial charge in [0.15, 0.2) is 0 Å². The smallest absolute Gasteiger partial charge is 0.250 e. The zero-order valence-corrected chi connectivity index (χ0v) is 12.6. The van der Waals surface area contributed by atoms with Gasteiger partial charge in [0.25, 0.3) is 10.0 Å². The van der Waals surface area contributed by atoms with E-state index in [2.05, 4.69) is 10.0 Å². The van der Waals surface area contributed by atoms with Crippen molar-refractivity contribution in [2.24, 2.45) is 5.73 Å². The number of hydrogen-bond acceptors (Lipinski definition) is 5. The molecule has 0 bridgehead atoms. The Kier molecular flexibility index (Phi) is 5.92. The summed E-state index contributed by atoms with van der Waals surface area (Å²) in [7, 11) is -3.62. The number of carbonyl (C=O) groups is 1. The summed E-state index contributed by atoms with van der Waals surface area (Å²) in [6.07, 6.45) is 0.649. The third kappa shape index (κ3) is 5.27. The van der Waals surface area contributed by atoms with E-state index in [1.165, 1.54) is 13.0 Å². The van der Waals surface area contributed by atoms with Gasteiger partial charge in [0.05, 0.1) is 6.04 Å². The molecular formula is C11H19N3O3S2. The third-order valence-electron chi connectivity index (χ3n) is 2.38. The van der Waals surface area contributed by atoms with Crippen molar-refractivity contribution in [1.29, 1.82) is 0 Å². The molecular weight excluding hydrogens is 286 g/mol. The van der Waals surface area contributed by atoms with Gasteiger partial charge in [0.1, 0.15) is 4.21 Å². The Bertz CT molecular complexity index is 497. The number of sulfonamides is 1. The van der Waals surface area contributed by atoms with Crippen LogP contribution in [0.1, 0.15) is 20.3 Å². The van der Waals surface area contributed by atoms with Crippen molar-refractivity contribution in [3.05, 3.63) is 17.5 Å². The number of thiophene rings is 1. The summed E-state index contributed by atoms with van der Waals surface area (Å²) in [6.45, 7) is 3.78. The number of carbonyl (C=O) groups excluding carboxylic acids is 1. The molecule has 0 spiro atoms. The summed E-state index contributed by atoms with van der Waals surface area (Å²) in [5, 5.41) is 4.31. The lowest BCUT2D eigenvalue weighted by Gasteiger charge is -2.14. The van der Waals surface area contributed by atoms with E-state index >= 15 is 0 Å². The summed E-state index contributed by atoms with van der Waals surface area (Å²) in [4.78, 5) is 11.7. The minimum absolute atomic E-state index is 0.00147. The Morgan fingerprint density at radius 3 is 2.68 bits per heavy atom. The highest BCUT2D eigenvalue weighted by Gasteiger charge is 2.22. The summed E-state index contributed by atoms with van der Waals surface area (Å²) in [6, 6.07) is 2.32. The second kappa shape index (κ2) is 6.99. The molecule has 1 rings (SSSR count). The fourth-order valence-electron chi connectivity index (χ4n) is 1.34. The molecule has 6 nitrogen and oxygen atoms in total. The number of rotatable bonds is 7. The molecule has 0 aliphatic carbocycles. The Morgan fingerprint density at radius 2 is 2.16 bits per heavy atom. The summed E-state index contributed by atoms with van der Waals surface area (Å²) in [5.74, 6) is -0.360. The van der Waals surface area contributed by atoms with Gasteiger partial charge in [-0.05, 0) is 31.7 Å². The minimum atomic E-state index is -3.62. The third-order valence-corrected chi connectivity index (χ3v) is 5.32. The predicted molar refractivity (Wildman–Crippen MR) is 75.4 cm³/mol. The van der Waals surface area contributed by atoms with Crippen molar-refractivity contribution in [1.82, 2.24) is 10.0 Å². The van der Waals surface area contributed by atoms with Crippen LogP contribution >= 0.6 is 11.3 Å². The molecule has 2 atom stereocenters. The van der Waals surface area contributed by atoms with Crippen molar-refractivity contribution in [2.75, 3.05) is 6.54 Å². The van der Waals surface area contributed by atoms with Crippen LogP contribution in [0.25, 0.3) is 0 Å². The minimum Gasteiger partial charge on any atom is -0.355 e. The van der Waals surface area contributed by atoms with Crippen molar-refractivity contribution in [3.63, 3.8) is 0 Å². The first kappa shape index (κ1) is 16.1. The van der Waals surface area contributed by atoms with Crippen LogP contribution in [0.15, 0.2) is 21.7 Å². The number of hydrogen-bond donors (Lipinski definition) is 3. The monoisotopic (exact) mass is 305 g/mol. The van der Waals surface area contributed by atoms with Crippen LogP contribution in [0.4, 0.5) is 0 Å². The zero-order chi connectivity index (χ0) is 14.5. The predicted octanol–water partition coefficient (Wildman–Crippen LogP) is 0.268. The first-order valence-electron chi connectivity index (χ1n) is 5.92. The molecule has 19 heavy (non-hydrogen) atoms. The van der Waals surface area contributed by atoms with Crippen LogP contribution in [0.5, 0.6) is 0 Å². The zero-order valence-electron chi connectivity index (χ0n) is 10.9. The first-order valence-corrected chi connectivity index (χ1v) is 8.28. The van der Waals surface area contributed by atoms with Gasteiger partial charge in [-0.1, -0.05) is 6.07 Å². The highest BCUT2D eigenvalue weighted by molar-refractivity contribution is 7.91. The molecule has 0 fully saturated rings. The van der Waals surface area contributed by atoms with Gasteiger partial charge >= 0.3 is 0 Å². The number of amides is 1. The van der Waals surface area contributed by atoms with E-state index in [1.807, 2.05) is 6.92 Å². The maximum atomic E-state index is 11.9. The first-order chi connectivity index (χ1) is 8.83. The van der Waals surface area contributed by atoms with Gasteiger partial charge in [0.2, 0.25) is 5.91 Å². The highest BCUT2D eigenvalue weighted by atomic mass is 32.2.